The molecule has 0 aliphatic heterocycles. The summed E-state index contributed by atoms with van der Waals surface area (Å²) in [6.07, 6.45) is 9.81. The summed E-state index contributed by atoms with van der Waals surface area (Å²) in [7, 11) is 0. The second-order valence-electron chi connectivity index (χ2n) is 7.60. The van der Waals surface area contributed by atoms with Crippen LogP contribution in [0.2, 0.25) is 0 Å². The molecule has 3 atom stereocenters. The normalized spacial score (nSPS) is 31.3. The summed E-state index contributed by atoms with van der Waals surface area (Å²) in [5.41, 5.74) is -0.758. The molecule has 0 spiro atoms. The minimum absolute atomic E-state index is 0.261. The van der Waals surface area contributed by atoms with E-state index in [1.165, 1.54) is 19.3 Å². The molecule has 3 rings (SSSR count). The van der Waals surface area contributed by atoms with E-state index in [0.717, 1.165) is 31.6 Å². The third-order valence-electron chi connectivity index (χ3n) is 5.98. The Hall–Kier alpha value is -1.57. The minimum Gasteiger partial charge on any atom is -0.456 e. The zero-order valence-electron chi connectivity index (χ0n) is 13.7. The lowest BCUT2D eigenvalue weighted by molar-refractivity contribution is -0.150. The SMILES string of the molecule is N#CC1(NC(=O)COC(=O)C[C@@H]2C[C@@H]3CC[C@H]2C3)CCCCC1. The third kappa shape index (κ3) is 3.85. The van der Waals surface area contributed by atoms with Crippen LogP contribution in [-0.2, 0) is 14.3 Å². The van der Waals surface area contributed by atoms with Gasteiger partial charge in [-0.3, -0.25) is 9.59 Å². The maximum atomic E-state index is 12.0. The van der Waals surface area contributed by atoms with Gasteiger partial charge in [0.1, 0.15) is 5.54 Å². The fourth-order valence-corrected chi connectivity index (χ4v) is 4.77. The number of hydrogen-bond acceptors (Lipinski definition) is 4. The van der Waals surface area contributed by atoms with Crippen molar-refractivity contribution < 1.29 is 14.3 Å². The molecule has 2 bridgehead atoms. The number of nitriles is 1. The molecule has 126 valence electrons. The summed E-state index contributed by atoms with van der Waals surface area (Å²) in [6, 6.07) is 2.24. The predicted molar refractivity (Wildman–Crippen MR) is 84.1 cm³/mol. The number of fused-ring (bicyclic) bond motifs is 2. The number of hydrogen-bond donors (Lipinski definition) is 1. The van der Waals surface area contributed by atoms with Gasteiger partial charge in [-0.25, -0.2) is 0 Å². The molecular weight excluding hydrogens is 292 g/mol. The van der Waals surface area contributed by atoms with Crippen LogP contribution in [0.15, 0.2) is 0 Å². The number of amides is 1. The summed E-state index contributed by atoms with van der Waals surface area (Å²) in [4.78, 5) is 24.0. The van der Waals surface area contributed by atoms with Crippen LogP contribution in [0.5, 0.6) is 0 Å². The van der Waals surface area contributed by atoms with Crippen LogP contribution < -0.4 is 5.32 Å². The topological polar surface area (TPSA) is 79.2 Å². The van der Waals surface area contributed by atoms with Crippen molar-refractivity contribution in [3.8, 4) is 6.07 Å². The Morgan fingerprint density at radius 1 is 1.17 bits per heavy atom. The first-order valence-electron chi connectivity index (χ1n) is 8.98. The zero-order valence-corrected chi connectivity index (χ0v) is 13.7. The van der Waals surface area contributed by atoms with Crippen LogP contribution in [0.25, 0.3) is 0 Å². The van der Waals surface area contributed by atoms with Gasteiger partial charge in [0.2, 0.25) is 0 Å². The number of carbonyl (C=O) groups is 2. The Kier molecular flexibility index (Phi) is 4.89. The Bertz CT molecular complexity index is 505. The Morgan fingerprint density at radius 3 is 2.57 bits per heavy atom. The molecule has 23 heavy (non-hydrogen) atoms. The van der Waals surface area contributed by atoms with E-state index in [9.17, 15) is 14.9 Å². The number of carbonyl (C=O) groups excluding carboxylic acids is 2. The van der Waals surface area contributed by atoms with Crippen molar-refractivity contribution in [3.63, 3.8) is 0 Å². The minimum atomic E-state index is -0.758. The lowest BCUT2D eigenvalue weighted by Gasteiger charge is -2.31. The van der Waals surface area contributed by atoms with Crippen molar-refractivity contribution in [1.29, 1.82) is 5.26 Å². The van der Waals surface area contributed by atoms with Crippen LogP contribution in [0.4, 0.5) is 0 Å². The summed E-state index contributed by atoms with van der Waals surface area (Å²) in [5, 5.41) is 12.1. The van der Waals surface area contributed by atoms with Gasteiger partial charge < -0.3 is 10.1 Å². The average Bonchev–Trinajstić information content (AvgIpc) is 3.16. The van der Waals surface area contributed by atoms with Crippen LogP contribution in [0, 0.1) is 29.1 Å². The van der Waals surface area contributed by atoms with Gasteiger partial charge in [-0.15, -0.1) is 0 Å². The van der Waals surface area contributed by atoms with Gasteiger partial charge >= 0.3 is 5.97 Å². The zero-order chi connectivity index (χ0) is 16.3. The summed E-state index contributed by atoms with van der Waals surface area (Å²) in [6.45, 7) is -0.261. The van der Waals surface area contributed by atoms with E-state index in [1.807, 2.05) is 0 Å². The van der Waals surface area contributed by atoms with Gasteiger partial charge in [-0.1, -0.05) is 25.7 Å². The van der Waals surface area contributed by atoms with Gasteiger partial charge in [0.15, 0.2) is 6.61 Å². The molecule has 3 aliphatic rings. The van der Waals surface area contributed by atoms with E-state index in [-0.39, 0.29) is 18.5 Å². The highest BCUT2D eigenvalue weighted by Gasteiger charge is 2.40. The molecule has 0 saturated heterocycles. The largest absolute Gasteiger partial charge is 0.456 e. The molecule has 0 aromatic rings. The van der Waals surface area contributed by atoms with E-state index in [0.29, 0.717) is 31.1 Å². The maximum absolute atomic E-state index is 12.0. The molecule has 3 saturated carbocycles. The molecule has 5 nitrogen and oxygen atoms in total. The first-order chi connectivity index (χ1) is 11.1. The Balaban J connectivity index is 1.40. The van der Waals surface area contributed by atoms with Gasteiger partial charge in [0.25, 0.3) is 5.91 Å². The van der Waals surface area contributed by atoms with E-state index < -0.39 is 5.54 Å². The van der Waals surface area contributed by atoms with Crippen molar-refractivity contribution in [2.24, 2.45) is 17.8 Å². The first kappa shape index (κ1) is 16.3. The van der Waals surface area contributed by atoms with Crippen molar-refractivity contribution in [1.82, 2.24) is 5.32 Å². The van der Waals surface area contributed by atoms with Crippen LogP contribution >= 0.6 is 0 Å². The molecule has 1 N–H and O–H groups in total. The number of nitrogens with zero attached hydrogens (tertiary/aromatic N) is 1. The predicted octanol–water partition coefficient (Wildman–Crippen LogP) is 2.70. The highest BCUT2D eigenvalue weighted by Crippen LogP contribution is 2.49. The Morgan fingerprint density at radius 2 is 1.96 bits per heavy atom. The van der Waals surface area contributed by atoms with Gasteiger partial charge in [0, 0.05) is 6.42 Å². The molecule has 5 heteroatoms. The van der Waals surface area contributed by atoms with Crippen molar-refractivity contribution in [2.75, 3.05) is 6.61 Å². The molecule has 0 radical (unpaired) electrons. The van der Waals surface area contributed by atoms with Crippen LogP contribution in [0.3, 0.4) is 0 Å². The third-order valence-corrected chi connectivity index (χ3v) is 5.98. The van der Waals surface area contributed by atoms with E-state index >= 15 is 0 Å². The highest BCUT2D eigenvalue weighted by atomic mass is 16.5. The quantitative estimate of drug-likeness (QED) is 0.790. The highest BCUT2D eigenvalue weighted by molar-refractivity contribution is 5.81. The molecule has 3 aliphatic carbocycles. The van der Waals surface area contributed by atoms with Crippen molar-refractivity contribution in [3.05, 3.63) is 0 Å². The molecular formula is C18H26N2O3. The molecule has 0 aromatic carbocycles. The van der Waals surface area contributed by atoms with Crippen molar-refractivity contribution >= 4 is 11.9 Å². The molecule has 3 fully saturated rings. The van der Waals surface area contributed by atoms with Crippen LogP contribution in [0.1, 0.15) is 64.2 Å². The van der Waals surface area contributed by atoms with E-state index in [1.54, 1.807) is 0 Å². The monoisotopic (exact) mass is 318 g/mol. The standard InChI is InChI=1S/C18H26N2O3/c19-12-18(6-2-1-3-7-18)20-16(21)11-23-17(22)10-15-9-13-4-5-14(15)8-13/h13-15H,1-11H2,(H,20,21)/t13-,14+,15+/m1/s1. The van der Waals surface area contributed by atoms with Gasteiger partial charge in [0.05, 0.1) is 6.07 Å². The van der Waals surface area contributed by atoms with Gasteiger partial charge in [-0.2, -0.15) is 5.26 Å². The molecule has 0 aromatic heterocycles. The van der Waals surface area contributed by atoms with E-state index in [2.05, 4.69) is 11.4 Å². The number of esters is 1. The van der Waals surface area contributed by atoms with E-state index in [4.69, 9.17) is 4.74 Å². The number of nitrogens with one attached hydrogen (secondary N) is 1. The summed E-state index contributed by atoms with van der Waals surface area (Å²) < 4.78 is 5.14. The smallest absolute Gasteiger partial charge is 0.306 e. The first-order valence-corrected chi connectivity index (χ1v) is 8.98. The number of ether oxygens (including phenoxy) is 1. The van der Waals surface area contributed by atoms with Crippen LogP contribution in [-0.4, -0.2) is 24.0 Å². The molecule has 1 amide bonds. The molecule has 0 unspecified atom stereocenters. The average molecular weight is 318 g/mol. The Labute approximate surface area is 137 Å². The molecule has 0 heterocycles. The lowest BCUT2D eigenvalue weighted by atomic mass is 9.83. The second kappa shape index (κ2) is 6.90. The summed E-state index contributed by atoms with van der Waals surface area (Å²) >= 11 is 0. The maximum Gasteiger partial charge on any atom is 0.306 e. The lowest BCUT2D eigenvalue weighted by Crippen LogP contribution is -2.50. The second-order valence-corrected chi connectivity index (χ2v) is 7.60. The van der Waals surface area contributed by atoms with Crippen molar-refractivity contribution in [2.45, 2.75) is 69.7 Å². The fraction of sp³-hybridized carbons (Fsp3) is 0.833. The number of rotatable bonds is 5. The fourth-order valence-electron chi connectivity index (χ4n) is 4.77. The summed E-state index contributed by atoms with van der Waals surface area (Å²) in [5.74, 6) is 1.32. The van der Waals surface area contributed by atoms with Gasteiger partial charge in [-0.05, 0) is 49.9 Å².